The van der Waals surface area contributed by atoms with Crippen molar-refractivity contribution in [3.8, 4) is 0 Å². The molecule has 110 valence electrons. The van der Waals surface area contributed by atoms with Gasteiger partial charge in [-0.2, -0.15) is 0 Å². The highest BCUT2D eigenvalue weighted by Gasteiger charge is 2.31. The number of carbonyl (C=O) groups excluding carboxylic acids is 1. The summed E-state index contributed by atoms with van der Waals surface area (Å²) in [4.78, 5) is 16.9. The van der Waals surface area contributed by atoms with Crippen LogP contribution in [0.2, 0.25) is 0 Å². The first-order valence-electron chi connectivity index (χ1n) is 7.92. The Balaban J connectivity index is 1.80. The van der Waals surface area contributed by atoms with Crippen LogP contribution in [0.3, 0.4) is 0 Å². The molecule has 0 aromatic rings. The number of piperidine rings is 1. The van der Waals surface area contributed by atoms with Crippen molar-refractivity contribution in [2.45, 2.75) is 58.0 Å². The van der Waals surface area contributed by atoms with Crippen molar-refractivity contribution in [3.63, 3.8) is 0 Å². The average molecular weight is 267 g/mol. The van der Waals surface area contributed by atoms with Gasteiger partial charge < -0.3 is 15.5 Å². The fourth-order valence-corrected chi connectivity index (χ4v) is 3.27. The third-order valence-corrected chi connectivity index (χ3v) is 4.98. The second-order valence-corrected chi connectivity index (χ2v) is 6.21. The molecule has 0 aromatic carbocycles. The van der Waals surface area contributed by atoms with Crippen LogP contribution in [0, 0.1) is 5.92 Å². The number of amides is 1. The van der Waals surface area contributed by atoms with Crippen LogP contribution < -0.4 is 5.73 Å². The van der Waals surface area contributed by atoms with E-state index in [1.165, 1.54) is 25.9 Å². The first-order chi connectivity index (χ1) is 9.13. The third-order valence-electron chi connectivity index (χ3n) is 4.98. The van der Waals surface area contributed by atoms with Gasteiger partial charge in [-0.3, -0.25) is 4.79 Å². The molecule has 2 aliphatic heterocycles. The number of carbonyl (C=O) groups is 1. The molecule has 2 unspecified atom stereocenters. The number of nitrogens with zero attached hydrogens (tertiary/aromatic N) is 2. The molecule has 19 heavy (non-hydrogen) atoms. The molecule has 0 saturated carbocycles. The van der Waals surface area contributed by atoms with Crippen molar-refractivity contribution in [3.05, 3.63) is 0 Å². The molecule has 0 bridgehead atoms. The Bertz CT molecular complexity index is 294. The van der Waals surface area contributed by atoms with E-state index in [2.05, 4.69) is 18.7 Å². The van der Waals surface area contributed by atoms with Crippen molar-refractivity contribution >= 4 is 5.91 Å². The van der Waals surface area contributed by atoms with Gasteiger partial charge in [0.05, 0.1) is 6.04 Å². The van der Waals surface area contributed by atoms with Crippen LogP contribution in [0.4, 0.5) is 0 Å². The molecule has 2 atom stereocenters. The lowest BCUT2D eigenvalue weighted by Gasteiger charge is -2.38. The fourth-order valence-electron chi connectivity index (χ4n) is 3.27. The van der Waals surface area contributed by atoms with E-state index >= 15 is 0 Å². The zero-order valence-electron chi connectivity index (χ0n) is 12.5. The van der Waals surface area contributed by atoms with Crippen molar-refractivity contribution in [2.24, 2.45) is 11.7 Å². The maximum Gasteiger partial charge on any atom is 0.239 e. The van der Waals surface area contributed by atoms with Gasteiger partial charge in [-0.05, 0) is 44.7 Å². The Morgan fingerprint density at radius 1 is 1.21 bits per heavy atom. The molecule has 0 aliphatic carbocycles. The van der Waals surface area contributed by atoms with Gasteiger partial charge in [-0.25, -0.2) is 0 Å². The Morgan fingerprint density at radius 2 is 1.79 bits per heavy atom. The van der Waals surface area contributed by atoms with Gasteiger partial charge >= 0.3 is 0 Å². The van der Waals surface area contributed by atoms with Gasteiger partial charge in [0, 0.05) is 19.1 Å². The highest BCUT2D eigenvalue weighted by Crippen LogP contribution is 2.22. The van der Waals surface area contributed by atoms with Gasteiger partial charge in [0.1, 0.15) is 0 Å². The predicted molar refractivity (Wildman–Crippen MR) is 77.8 cm³/mol. The third kappa shape index (κ3) is 3.48. The lowest BCUT2D eigenvalue weighted by atomic mass is 9.97. The Labute approximate surface area is 117 Å². The zero-order chi connectivity index (χ0) is 13.8. The summed E-state index contributed by atoms with van der Waals surface area (Å²) >= 11 is 0. The quantitative estimate of drug-likeness (QED) is 0.838. The standard InChI is InChI=1S/C15H29N3O/c1-3-12(2)14(16)15(19)18-10-6-13(7-11-18)17-8-4-5-9-17/h12-14H,3-11,16H2,1-2H3. The van der Waals surface area contributed by atoms with E-state index in [1.54, 1.807) is 0 Å². The molecule has 0 spiro atoms. The van der Waals surface area contributed by atoms with E-state index in [-0.39, 0.29) is 17.9 Å². The van der Waals surface area contributed by atoms with Crippen LogP contribution in [-0.4, -0.2) is 54.0 Å². The lowest BCUT2D eigenvalue weighted by molar-refractivity contribution is -0.135. The molecule has 2 heterocycles. The summed E-state index contributed by atoms with van der Waals surface area (Å²) in [6.07, 6.45) is 5.91. The number of hydrogen-bond acceptors (Lipinski definition) is 3. The number of nitrogens with two attached hydrogens (primary N) is 1. The Kier molecular flexibility index (Phi) is 5.22. The largest absolute Gasteiger partial charge is 0.341 e. The minimum atomic E-state index is -0.312. The molecular weight excluding hydrogens is 238 g/mol. The van der Waals surface area contributed by atoms with Crippen molar-refractivity contribution in [1.29, 1.82) is 0 Å². The molecule has 2 aliphatic rings. The summed E-state index contributed by atoms with van der Waals surface area (Å²) < 4.78 is 0. The van der Waals surface area contributed by atoms with Gasteiger partial charge in [-0.1, -0.05) is 20.3 Å². The molecule has 1 amide bonds. The van der Waals surface area contributed by atoms with Crippen LogP contribution in [-0.2, 0) is 4.79 Å². The van der Waals surface area contributed by atoms with E-state index in [9.17, 15) is 4.79 Å². The summed E-state index contributed by atoms with van der Waals surface area (Å²) in [7, 11) is 0. The predicted octanol–water partition coefficient (Wildman–Crippen LogP) is 1.45. The molecule has 2 N–H and O–H groups in total. The smallest absolute Gasteiger partial charge is 0.239 e. The SMILES string of the molecule is CCC(C)C(N)C(=O)N1CCC(N2CCCC2)CC1. The highest BCUT2D eigenvalue weighted by molar-refractivity contribution is 5.82. The molecule has 0 aromatic heterocycles. The number of hydrogen-bond donors (Lipinski definition) is 1. The molecule has 2 rings (SSSR count). The van der Waals surface area contributed by atoms with Crippen LogP contribution in [0.15, 0.2) is 0 Å². The monoisotopic (exact) mass is 267 g/mol. The maximum absolute atomic E-state index is 12.3. The van der Waals surface area contributed by atoms with Crippen LogP contribution in [0.5, 0.6) is 0 Å². The van der Waals surface area contributed by atoms with Gasteiger partial charge in [0.25, 0.3) is 0 Å². The summed E-state index contributed by atoms with van der Waals surface area (Å²) in [6, 6.07) is 0.389. The van der Waals surface area contributed by atoms with Crippen molar-refractivity contribution < 1.29 is 4.79 Å². The van der Waals surface area contributed by atoms with Crippen LogP contribution >= 0.6 is 0 Å². The summed E-state index contributed by atoms with van der Waals surface area (Å²) in [5.74, 6) is 0.443. The molecule has 2 fully saturated rings. The lowest BCUT2D eigenvalue weighted by Crippen LogP contribution is -2.52. The molecule has 2 saturated heterocycles. The average Bonchev–Trinajstić information content (AvgIpc) is 2.99. The number of rotatable bonds is 4. The topological polar surface area (TPSA) is 49.6 Å². The number of likely N-dealkylation sites (tertiary alicyclic amines) is 2. The minimum Gasteiger partial charge on any atom is -0.341 e. The summed E-state index contributed by atoms with van der Waals surface area (Å²) in [5.41, 5.74) is 6.06. The second-order valence-electron chi connectivity index (χ2n) is 6.21. The van der Waals surface area contributed by atoms with Crippen LogP contribution in [0.1, 0.15) is 46.0 Å². The molecule has 4 heteroatoms. The van der Waals surface area contributed by atoms with E-state index in [0.29, 0.717) is 6.04 Å². The molecule has 0 radical (unpaired) electrons. The maximum atomic E-state index is 12.3. The van der Waals surface area contributed by atoms with Gasteiger partial charge in [0.15, 0.2) is 0 Å². The summed E-state index contributed by atoms with van der Waals surface area (Å²) in [6.45, 7) is 8.46. The van der Waals surface area contributed by atoms with Crippen molar-refractivity contribution in [2.75, 3.05) is 26.2 Å². The Hall–Kier alpha value is -0.610. The zero-order valence-corrected chi connectivity index (χ0v) is 12.5. The minimum absolute atomic E-state index is 0.161. The van der Waals surface area contributed by atoms with Crippen LogP contribution in [0.25, 0.3) is 0 Å². The first kappa shape index (κ1) is 14.8. The summed E-state index contributed by atoms with van der Waals surface area (Å²) in [5, 5.41) is 0. The van der Waals surface area contributed by atoms with E-state index in [4.69, 9.17) is 5.73 Å². The highest BCUT2D eigenvalue weighted by atomic mass is 16.2. The molecular formula is C15H29N3O. The second kappa shape index (κ2) is 6.71. The van der Waals surface area contributed by atoms with Crippen molar-refractivity contribution in [1.82, 2.24) is 9.80 Å². The normalized spacial score (nSPS) is 25.5. The fraction of sp³-hybridized carbons (Fsp3) is 0.933. The molecule has 4 nitrogen and oxygen atoms in total. The first-order valence-corrected chi connectivity index (χ1v) is 7.92. The van der Waals surface area contributed by atoms with Gasteiger partial charge in [0.2, 0.25) is 5.91 Å². The van der Waals surface area contributed by atoms with E-state index in [1.807, 2.05) is 4.90 Å². The van der Waals surface area contributed by atoms with Gasteiger partial charge in [-0.15, -0.1) is 0 Å². The Morgan fingerprint density at radius 3 is 2.32 bits per heavy atom. The van der Waals surface area contributed by atoms with E-state index < -0.39 is 0 Å². The van der Waals surface area contributed by atoms with E-state index in [0.717, 1.165) is 32.4 Å².